The van der Waals surface area contributed by atoms with Gasteiger partial charge >= 0.3 is 5.76 Å². The Labute approximate surface area is 186 Å². The molecule has 0 bridgehead atoms. The standard InChI is InChI=1S/C23H18N4O4S/c1-30-16-9-10-17-20(12-16)32-22(25-17)27(13-15-6-4-5-11-24-15)21(28)14-26-18-7-2-3-8-19(18)31-23(26)29/h2-12H,13-14H2,1H3. The third-order valence-corrected chi connectivity index (χ3v) is 6.07. The van der Waals surface area contributed by atoms with Crippen LogP contribution in [0.1, 0.15) is 5.69 Å². The first kappa shape index (κ1) is 20.0. The fraction of sp³-hybridized carbons (Fsp3) is 0.130. The minimum atomic E-state index is -0.577. The Morgan fingerprint density at radius 3 is 2.81 bits per heavy atom. The number of amides is 1. The SMILES string of the molecule is COc1ccc2nc(N(Cc3ccccn3)C(=O)Cn3c(=O)oc4ccccc43)sc2c1. The molecule has 0 fully saturated rings. The van der Waals surface area contributed by atoms with Crippen LogP contribution in [0.15, 0.2) is 76.1 Å². The van der Waals surface area contributed by atoms with Crippen LogP contribution in [0, 0.1) is 0 Å². The molecule has 160 valence electrons. The summed E-state index contributed by atoms with van der Waals surface area (Å²) in [7, 11) is 1.60. The normalized spacial score (nSPS) is 11.2. The van der Waals surface area contributed by atoms with E-state index in [0.29, 0.717) is 27.7 Å². The number of pyridine rings is 1. The molecular weight excluding hydrogens is 428 g/mol. The van der Waals surface area contributed by atoms with E-state index < -0.39 is 5.76 Å². The van der Waals surface area contributed by atoms with Gasteiger partial charge in [-0.2, -0.15) is 0 Å². The van der Waals surface area contributed by atoms with E-state index >= 15 is 0 Å². The number of rotatable bonds is 6. The van der Waals surface area contributed by atoms with Gasteiger partial charge < -0.3 is 9.15 Å². The summed E-state index contributed by atoms with van der Waals surface area (Å²) in [5.74, 6) is -0.159. The van der Waals surface area contributed by atoms with Gasteiger partial charge in [0.15, 0.2) is 10.7 Å². The van der Waals surface area contributed by atoms with Crippen LogP contribution in [0.25, 0.3) is 21.3 Å². The monoisotopic (exact) mass is 446 g/mol. The van der Waals surface area contributed by atoms with Crippen molar-refractivity contribution in [1.29, 1.82) is 0 Å². The molecule has 0 aliphatic rings. The maximum absolute atomic E-state index is 13.4. The van der Waals surface area contributed by atoms with E-state index in [9.17, 15) is 9.59 Å². The molecule has 8 nitrogen and oxygen atoms in total. The van der Waals surface area contributed by atoms with Crippen LogP contribution in [0.3, 0.4) is 0 Å². The van der Waals surface area contributed by atoms with Crippen molar-refractivity contribution >= 4 is 43.7 Å². The Hall–Kier alpha value is -3.98. The molecule has 3 heterocycles. The van der Waals surface area contributed by atoms with Gasteiger partial charge in [-0.3, -0.25) is 19.2 Å². The highest BCUT2D eigenvalue weighted by molar-refractivity contribution is 7.22. The summed E-state index contributed by atoms with van der Waals surface area (Å²) >= 11 is 1.38. The Morgan fingerprint density at radius 2 is 2.00 bits per heavy atom. The Balaban J connectivity index is 1.54. The van der Waals surface area contributed by atoms with Crippen LogP contribution in [0.4, 0.5) is 5.13 Å². The van der Waals surface area contributed by atoms with Gasteiger partial charge in [0.05, 0.1) is 35.1 Å². The number of hydrogen-bond donors (Lipinski definition) is 0. The molecule has 0 N–H and O–H groups in total. The van der Waals surface area contributed by atoms with Crippen LogP contribution < -0.4 is 15.4 Å². The van der Waals surface area contributed by atoms with E-state index in [0.717, 1.165) is 10.2 Å². The van der Waals surface area contributed by atoms with E-state index in [4.69, 9.17) is 9.15 Å². The third kappa shape index (κ3) is 3.74. The van der Waals surface area contributed by atoms with Crippen molar-refractivity contribution in [3.8, 4) is 5.75 Å². The molecule has 2 aromatic carbocycles. The van der Waals surface area contributed by atoms with Crippen molar-refractivity contribution in [2.24, 2.45) is 0 Å². The number of nitrogens with zero attached hydrogens (tertiary/aromatic N) is 4. The smallest absolute Gasteiger partial charge is 0.420 e. The summed E-state index contributed by atoms with van der Waals surface area (Å²) in [5.41, 5.74) is 2.48. The molecule has 32 heavy (non-hydrogen) atoms. The summed E-state index contributed by atoms with van der Waals surface area (Å²) in [6.45, 7) is 0.0447. The highest BCUT2D eigenvalue weighted by atomic mass is 32.1. The van der Waals surface area contributed by atoms with Gasteiger partial charge in [-0.15, -0.1) is 0 Å². The summed E-state index contributed by atoms with van der Waals surface area (Å²) in [6.07, 6.45) is 1.68. The summed E-state index contributed by atoms with van der Waals surface area (Å²) in [4.78, 5) is 36.4. The maximum Gasteiger partial charge on any atom is 0.420 e. The number of carbonyl (C=O) groups is 1. The van der Waals surface area contributed by atoms with Crippen LogP contribution in [0.2, 0.25) is 0 Å². The van der Waals surface area contributed by atoms with Gasteiger partial charge in [0.2, 0.25) is 5.91 Å². The fourth-order valence-electron chi connectivity index (χ4n) is 3.44. The van der Waals surface area contributed by atoms with Crippen molar-refractivity contribution in [2.75, 3.05) is 12.0 Å². The van der Waals surface area contributed by atoms with Crippen molar-refractivity contribution in [1.82, 2.24) is 14.5 Å². The minimum absolute atomic E-state index is 0.179. The van der Waals surface area contributed by atoms with Crippen molar-refractivity contribution in [2.45, 2.75) is 13.1 Å². The Kier molecular flexibility index (Phi) is 5.16. The zero-order chi connectivity index (χ0) is 22.1. The zero-order valence-corrected chi connectivity index (χ0v) is 17.9. The number of anilines is 1. The molecule has 5 aromatic rings. The number of carbonyl (C=O) groups excluding carboxylic acids is 1. The lowest BCUT2D eigenvalue weighted by Crippen LogP contribution is -2.35. The number of fused-ring (bicyclic) bond motifs is 2. The third-order valence-electron chi connectivity index (χ3n) is 5.03. The second-order valence-electron chi connectivity index (χ2n) is 7.05. The van der Waals surface area contributed by atoms with Gasteiger partial charge in [-0.1, -0.05) is 29.5 Å². The van der Waals surface area contributed by atoms with Crippen LogP contribution in [-0.4, -0.2) is 27.6 Å². The molecule has 0 atom stereocenters. The number of benzene rings is 2. The number of hydrogen-bond acceptors (Lipinski definition) is 7. The lowest BCUT2D eigenvalue weighted by atomic mass is 10.3. The summed E-state index contributed by atoms with van der Waals surface area (Å²) in [5, 5.41) is 0.518. The lowest BCUT2D eigenvalue weighted by Gasteiger charge is -2.19. The second-order valence-corrected chi connectivity index (χ2v) is 8.06. The topological polar surface area (TPSA) is 90.5 Å². The predicted octanol–water partition coefficient (Wildman–Crippen LogP) is 3.84. The first-order valence-corrected chi connectivity index (χ1v) is 10.7. The highest BCUT2D eigenvalue weighted by Crippen LogP contribution is 2.32. The highest BCUT2D eigenvalue weighted by Gasteiger charge is 2.23. The van der Waals surface area contributed by atoms with Crippen LogP contribution in [-0.2, 0) is 17.9 Å². The molecule has 0 aliphatic carbocycles. The average molecular weight is 446 g/mol. The number of oxazole rings is 1. The number of para-hydroxylation sites is 2. The largest absolute Gasteiger partial charge is 0.497 e. The summed E-state index contributed by atoms with van der Waals surface area (Å²) < 4.78 is 12.8. The molecule has 1 amide bonds. The molecule has 9 heteroatoms. The number of aromatic nitrogens is 3. The van der Waals surface area contributed by atoms with Crippen molar-refractivity contribution in [3.63, 3.8) is 0 Å². The lowest BCUT2D eigenvalue weighted by molar-refractivity contribution is -0.119. The van der Waals surface area contributed by atoms with Crippen LogP contribution >= 0.6 is 11.3 Å². The molecular formula is C23H18N4O4S. The van der Waals surface area contributed by atoms with E-state index in [2.05, 4.69) is 9.97 Å². The van der Waals surface area contributed by atoms with Gasteiger partial charge in [0, 0.05) is 6.20 Å². The molecule has 0 aliphatic heterocycles. The van der Waals surface area contributed by atoms with Crippen LogP contribution in [0.5, 0.6) is 5.75 Å². The first-order chi connectivity index (χ1) is 15.6. The second kappa shape index (κ2) is 8.27. The van der Waals surface area contributed by atoms with E-state index in [-0.39, 0.29) is 19.0 Å². The van der Waals surface area contributed by atoms with E-state index in [1.54, 1.807) is 42.5 Å². The molecule has 3 aromatic heterocycles. The predicted molar refractivity (Wildman–Crippen MR) is 122 cm³/mol. The molecule has 0 saturated carbocycles. The maximum atomic E-state index is 13.4. The van der Waals surface area contributed by atoms with Crippen molar-refractivity contribution < 1.29 is 13.9 Å². The Morgan fingerprint density at radius 1 is 1.16 bits per heavy atom. The summed E-state index contributed by atoms with van der Waals surface area (Å²) in [6, 6.07) is 18.1. The van der Waals surface area contributed by atoms with E-state index in [1.165, 1.54) is 15.9 Å². The molecule has 0 unspecified atom stereocenters. The minimum Gasteiger partial charge on any atom is -0.497 e. The Bertz CT molecular complexity index is 1470. The van der Waals surface area contributed by atoms with Gasteiger partial charge in [0.25, 0.3) is 0 Å². The first-order valence-electron chi connectivity index (χ1n) is 9.85. The van der Waals surface area contributed by atoms with Gasteiger partial charge in [-0.25, -0.2) is 9.78 Å². The van der Waals surface area contributed by atoms with Gasteiger partial charge in [-0.05, 0) is 42.5 Å². The average Bonchev–Trinajstić information content (AvgIpc) is 3.38. The van der Waals surface area contributed by atoms with E-state index in [1.807, 2.05) is 36.4 Å². The fourth-order valence-corrected chi connectivity index (χ4v) is 4.45. The molecule has 0 radical (unpaired) electrons. The molecule has 0 spiro atoms. The van der Waals surface area contributed by atoms with Gasteiger partial charge in [0.1, 0.15) is 12.3 Å². The van der Waals surface area contributed by atoms with Crippen molar-refractivity contribution in [3.05, 3.63) is 83.1 Å². The zero-order valence-electron chi connectivity index (χ0n) is 17.1. The number of ether oxygens (including phenoxy) is 1. The number of thiazole rings is 1. The number of methoxy groups -OCH3 is 1. The molecule has 0 saturated heterocycles. The quantitative estimate of drug-likeness (QED) is 0.394. The molecule has 5 rings (SSSR count).